The average Bonchev–Trinajstić information content (AvgIpc) is 3.76. The second-order valence-corrected chi connectivity index (χ2v) is 12.3. The Morgan fingerprint density at radius 3 is 2.31 bits per heavy atom. The van der Waals surface area contributed by atoms with E-state index in [1.165, 1.54) is 32.4 Å². The average molecular weight is 681 g/mol. The summed E-state index contributed by atoms with van der Waals surface area (Å²) in [5.74, 6) is -1.91. The summed E-state index contributed by atoms with van der Waals surface area (Å²) in [5.41, 5.74) is 0.478. The van der Waals surface area contributed by atoms with Crippen LogP contribution in [-0.4, -0.2) is 131 Å². The van der Waals surface area contributed by atoms with Crippen LogP contribution in [0.15, 0.2) is 36.4 Å². The van der Waals surface area contributed by atoms with Crippen molar-refractivity contribution in [3.05, 3.63) is 42.1 Å². The van der Waals surface area contributed by atoms with Crippen molar-refractivity contribution in [1.82, 2.24) is 40.4 Å². The predicted octanol–water partition coefficient (Wildman–Crippen LogP) is 0.446. The number of hydrogen-bond donors (Lipinski definition) is 3. The zero-order chi connectivity index (χ0) is 34.9. The molecule has 2 aliphatic heterocycles. The van der Waals surface area contributed by atoms with Crippen LogP contribution in [0, 0.1) is 0 Å². The maximum absolute atomic E-state index is 13.6. The lowest BCUT2D eigenvalue weighted by Crippen LogP contribution is -2.58. The van der Waals surface area contributed by atoms with Crippen LogP contribution in [0.1, 0.15) is 56.4 Å². The Kier molecular flexibility index (Phi) is 11.7. The third-order valence-electron chi connectivity index (χ3n) is 8.86. The molecular weight excluding hydrogens is 636 g/mol. The number of hydrogen-bond acceptors (Lipinski definition) is 9. The minimum atomic E-state index is -1.13. The summed E-state index contributed by atoms with van der Waals surface area (Å²) in [4.78, 5) is 81.6. The molecule has 1 aromatic carbocycles. The van der Waals surface area contributed by atoms with Crippen LogP contribution in [0.2, 0.25) is 0 Å². The summed E-state index contributed by atoms with van der Waals surface area (Å²) >= 11 is 0. The van der Waals surface area contributed by atoms with Crippen molar-refractivity contribution in [1.29, 1.82) is 0 Å². The van der Waals surface area contributed by atoms with Crippen LogP contribution >= 0.6 is 0 Å². The van der Waals surface area contributed by atoms with Gasteiger partial charge < -0.3 is 40.1 Å². The maximum atomic E-state index is 13.6. The molecule has 2 atom stereocenters. The third kappa shape index (κ3) is 8.86. The molecule has 2 saturated heterocycles. The highest BCUT2D eigenvalue weighted by Gasteiger charge is 2.36. The number of carbonyl (C=O) groups excluding carboxylic acids is 6. The molecule has 49 heavy (non-hydrogen) atoms. The molecule has 0 spiro atoms. The molecule has 0 bridgehead atoms. The first-order valence-corrected chi connectivity index (χ1v) is 16.8. The summed E-state index contributed by atoms with van der Waals surface area (Å²) in [6.07, 6.45) is 3.82. The van der Waals surface area contributed by atoms with Crippen molar-refractivity contribution in [3.63, 3.8) is 0 Å². The molecule has 1 aliphatic carbocycles. The first-order chi connectivity index (χ1) is 23.6. The smallest absolute Gasteiger partial charge is 0.409 e. The lowest BCUT2D eigenvalue weighted by molar-refractivity contribution is -0.140. The molecular formula is C33H44N8O8. The van der Waals surface area contributed by atoms with Gasteiger partial charge in [0.25, 0.3) is 11.8 Å². The molecule has 3 heterocycles. The van der Waals surface area contributed by atoms with E-state index in [9.17, 15) is 28.8 Å². The van der Waals surface area contributed by atoms with Gasteiger partial charge in [-0.3, -0.25) is 24.0 Å². The lowest BCUT2D eigenvalue weighted by atomic mass is 9.93. The standard InChI is InChI=1S/C33H44N8O8/c1-3-48-33(47)39-17-15-38(16-18-39)32(46)26(20-34-22(2)42)36-30(44)25-19-29(41(37-25)24-11-5-4-6-12-24)49-21-28(43)40-14-8-13-27(40)31(45)35-23-9-7-10-23/h4-6,11-12,19,23,26-27H,3,7-10,13-18,20-21H2,1-2H3,(H,34,42)(H,35,45)(H,36,44)/t26-,27-/m0/s1. The number of carbonyl (C=O) groups is 6. The van der Waals surface area contributed by atoms with Crippen LogP contribution in [0.25, 0.3) is 5.69 Å². The lowest BCUT2D eigenvalue weighted by Gasteiger charge is -2.35. The van der Waals surface area contributed by atoms with Gasteiger partial charge in [0.05, 0.1) is 12.3 Å². The van der Waals surface area contributed by atoms with Gasteiger partial charge in [-0.25, -0.2) is 9.48 Å². The number of para-hydroxylation sites is 1. The zero-order valence-corrected chi connectivity index (χ0v) is 27.9. The van der Waals surface area contributed by atoms with Gasteiger partial charge in [0.15, 0.2) is 12.3 Å². The molecule has 264 valence electrons. The van der Waals surface area contributed by atoms with Crippen molar-refractivity contribution in [2.75, 3.05) is 52.5 Å². The van der Waals surface area contributed by atoms with Crippen LogP contribution in [0.4, 0.5) is 4.79 Å². The van der Waals surface area contributed by atoms with Gasteiger partial charge in [-0.05, 0) is 51.2 Å². The van der Waals surface area contributed by atoms with E-state index in [2.05, 4.69) is 21.0 Å². The van der Waals surface area contributed by atoms with Gasteiger partial charge in [-0.2, -0.15) is 5.10 Å². The Morgan fingerprint density at radius 2 is 1.65 bits per heavy atom. The van der Waals surface area contributed by atoms with E-state index in [0.29, 0.717) is 25.1 Å². The molecule has 2 aromatic rings. The maximum Gasteiger partial charge on any atom is 0.409 e. The van der Waals surface area contributed by atoms with E-state index in [1.54, 1.807) is 31.2 Å². The van der Waals surface area contributed by atoms with E-state index in [1.807, 2.05) is 6.07 Å². The summed E-state index contributed by atoms with van der Waals surface area (Å²) in [6, 6.07) is 8.75. The Balaban J connectivity index is 1.27. The first kappa shape index (κ1) is 35.2. The second kappa shape index (κ2) is 16.3. The Hall–Kier alpha value is -5.15. The van der Waals surface area contributed by atoms with Crippen molar-refractivity contribution in [3.8, 4) is 11.6 Å². The molecule has 0 radical (unpaired) electrons. The number of rotatable bonds is 12. The van der Waals surface area contributed by atoms with Crippen LogP contribution in [-0.2, 0) is 23.9 Å². The fourth-order valence-electron chi connectivity index (χ4n) is 5.96. The number of ether oxygens (including phenoxy) is 2. The molecule has 3 fully saturated rings. The Labute approximate surface area is 284 Å². The summed E-state index contributed by atoms with van der Waals surface area (Å²) in [6.45, 7) is 4.12. The SMILES string of the molecule is CCOC(=O)N1CCN(C(=O)[C@H](CNC(C)=O)NC(=O)c2cc(OCC(=O)N3CCC[C@H]3C(=O)NC3CCC3)n(-c3ccccc3)n2)CC1. The van der Waals surface area contributed by atoms with E-state index in [4.69, 9.17) is 9.47 Å². The fraction of sp³-hybridized carbons (Fsp3) is 0.545. The number of piperazine rings is 1. The van der Waals surface area contributed by atoms with Gasteiger partial charge >= 0.3 is 6.09 Å². The number of amides is 6. The number of benzene rings is 1. The topological polar surface area (TPSA) is 185 Å². The summed E-state index contributed by atoms with van der Waals surface area (Å²) in [5, 5.41) is 12.7. The van der Waals surface area contributed by atoms with Crippen molar-refractivity contribution < 1.29 is 38.2 Å². The van der Waals surface area contributed by atoms with E-state index >= 15 is 0 Å². The molecule has 0 unspecified atom stereocenters. The third-order valence-corrected chi connectivity index (χ3v) is 8.86. The molecule has 3 aliphatic rings. The van der Waals surface area contributed by atoms with Gasteiger partial charge in [-0.1, -0.05) is 18.2 Å². The van der Waals surface area contributed by atoms with Crippen molar-refractivity contribution >= 4 is 35.6 Å². The molecule has 1 saturated carbocycles. The van der Waals surface area contributed by atoms with E-state index in [-0.39, 0.29) is 81.3 Å². The zero-order valence-electron chi connectivity index (χ0n) is 27.9. The van der Waals surface area contributed by atoms with Crippen LogP contribution in [0.5, 0.6) is 5.88 Å². The normalized spacial score (nSPS) is 18.2. The summed E-state index contributed by atoms with van der Waals surface area (Å²) < 4.78 is 12.4. The number of nitrogens with zero attached hydrogens (tertiary/aromatic N) is 5. The van der Waals surface area contributed by atoms with E-state index in [0.717, 1.165) is 19.3 Å². The molecule has 16 heteroatoms. The number of likely N-dealkylation sites (tertiary alicyclic amines) is 1. The second-order valence-electron chi connectivity index (χ2n) is 12.3. The Bertz CT molecular complexity index is 1520. The summed E-state index contributed by atoms with van der Waals surface area (Å²) in [7, 11) is 0. The quantitative estimate of drug-likeness (QED) is 0.286. The minimum Gasteiger partial charge on any atom is -0.467 e. The van der Waals surface area contributed by atoms with Gasteiger partial charge in [0.2, 0.25) is 23.6 Å². The van der Waals surface area contributed by atoms with Crippen molar-refractivity contribution in [2.24, 2.45) is 0 Å². The molecule has 6 amide bonds. The Morgan fingerprint density at radius 1 is 0.939 bits per heavy atom. The number of aromatic nitrogens is 2. The van der Waals surface area contributed by atoms with Gasteiger partial charge in [-0.15, -0.1) is 0 Å². The minimum absolute atomic E-state index is 0.0852. The molecule has 3 N–H and O–H groups in total. The largest absolute Gasteiger partial charge is 0.467 e. The highest BCUT2D eigenvalue weighted by Crippen LogP contribution is 2.23. The van der Waals surface area contributed by atoms with E-state index < -0.39 is 30.0 Å². The fourth-order valence-corrected chi connectivity index (χ4v) is 5.96. The number of nitrogens with one attached hydrogen (secondary N) is 3. The van der Waals surface area contributed by atoms with Crippen molar-refractivity contribution in [2.45, 2.75) is 64.1 Å². The molecule has 5 rings (SSSR count). The monoisotopic (exact) mass is 680 g/mol. The van der Waals surface area contributed by atoms with Crippen LogP contribution in [0.3, 0.4) is 0 Å². The molecule has 1 aromatic heterocycles. The van der Waals surface area contributed by atoms with Crippen LogP contribution < -0.4 is 20.7 Å². The highest BCUT2D eigenvalue weighted by molar-refractivity contribution is 5.97. The molecule has 16 nitrogen and oxygen atoms in total. The van der Waals surface area contributed by atoms with Gasteiger partial charge in [0.1, 0.15) is 12.1 Å². The highest BCUT2D eigenvalue weighted by atomic mass is 16.6. The predicted molar refractivity (Wildman–Crippen MR) is 175 cm³/mol. The first-order valence-electron chi connectivity index (χ1n) is 16.8. The van der Waals surface area contributed by atoms with Gasteiger partial charge in [0, 0.05) is 58.3 Å².